The normalized spacial score (nSPS) is 17.8. The van der Waals surface area contributed by atoms with Crippen LogP contribution in [0.2, 0.25) is 0 Å². The molecule has 1 aliphatic carbocycles. The first-order valence-electron chi connectivity index (χ1n) is 4.47. The van der Waals surface area contributed by atoms with Gasteiger partial charge in [-0.2, -0.15) is 5.26 Å². The quantitative estimate of drug-likeness (QED) is 0.771. The van der Waals surface area contributed by atoms with Gasteiger partial charge < -0.3 is 0 Å². The predicted octanol–water partition coefficient (Wildman–Crippen LogP) is 3.47. The zero-order valence-corrected chi connectivity index (χ0v) is 8.79. The lowest BCUT2D eigenvalue weighted by molar-refractivity contribution is 0.737. The molecule has 13 heavy (non-hydrogen) atoms. The number of nitriles is 1. The van der Waals surface area contributed by atoms with E-state index in [2.05, 4.69) is 22.0 Å². The Balaban J connectivity index is 2.33. The maximum Gasteiger partial charge on any atom is 0.0751 e. The fourth-order valence-electron chi connectivity index (χ4n) is 1.59. The molecule has 1 unspecified atom stereocenters. The Morgan fingerprint density at radius 3 is 2.62 bits per heavy atom. The second-order valence-corrected chi connectivity index (χ2v) is 4.32. The highest BCUT2D eigenvalue weighted by atomic mass is 79.9. The topological polar surface area (TPSA) is 23.8 Å². The van der Waals surface area contributed by atoms with Gasteiger partial charge in [0.05, 0.1) is 12.0 Å². The molecule has 0 amide bonds. The van der Waals surface area contributed by atoms with Gasteiger partial charge in [-0.15, -0.1) is 0 Å². The Bertz CT molecular complexity index is 349. The smallest absolute Gasteiger partial charge is 0.0751 e. The molecule has 0 N–H and O–H groups in total. The third-order valence-corrected chi connectivity index (χ3v) is 3.19. The molecule has 66 valence electrons. The molecule has 0 spiro atoms. The lowest BCUT2D eigenvalue weighted by atomic mass is 9.96. The van der Waals surface area contributed by atoms with Crippen molar-refractivity contribution in [2.45, 2.75) is 18.8 Å². The van der Waals surface area contributed by atoms with E-state index in [1.807, 2.05) is 24.3 Å². The summed E-state index contributed by atoms with van der Waals surface area (Å²) in [6.07, 6.45) is 2.42. The summed E-state index contributed by atoms with van der Waals surface area (Å²) in [5.41, 5.74) is 1.15. The monoisotopic (exact) mass is 235 g/mol. The van der Waals surface area contributed by atoms with Crippen molar-refractivity contribution in [3.05, 3.63) is 34.3 Å². The average molecular weight is 236 g/mol. The second kappa shape index (κ2) is 3.51. The first-order valence-corrected chi connectivity index (χ1v) is 5.26. The standard InChI is InChI=1S/C11H10BrN/c12-11-4-2-1-3-9(11)10(7-13)8-5-6-8/h1-4,8,10H,5-6H2. The Hall–Kier alpha value is -0.810. The second-order valence-electron chi connectivity index (χ2n) is 3.47. The Morgan fingerprint density at radius 2 is 2.08 bits per heavy atom. The van der Waals surface area contributed by atoms with E-state index in [1.165, 1.54) is 12.8 Å². The van der Waals surface area contributed by atoms with Crippen LogP contribution in [0.4, 0.5) is 0 Å². The molecule has 2 heteroatoms. The van der Waals surface area contributed by atoms with Crippen LogP contribution in [0.3, 0.4) is 0 Å². The zero-order valence-electron chi connectivity index (χ0n) is 7.20. The van der Waals surface area contributed by atoms with Gasteiger partial charge in [0, 0.05) is 4.47 Å². The van der Waals surface area contributed by atoms with Crippen molar-refractivity contribution in [3.63, 3.8) is 0 Å². The van der Waals surface area contributed by atoms with Gasteiger partial charge in [-0.05, 0) is 30.4 Å². The van der Waals surface area contributed by atoms with Crippen LogP contribution in [-0.2, 0) is 0 Å². The fourth-order valence-corrected chi connectivity index (χ4v) is 2.12. The largest absolute Gasteiger partial charge is 0.198 e. The van der Waals surface area contributed by atoms with Gasteiger partial charge in [0.25, 0.3) is 0 Å². The van der Waals surface area contributed by atoms with Gasteiger partial charge in [-0.3, -0.25) is 0 Å². The van der Waals surface area contributed by atoms with Crippen molar-refractivity contribution in [2.24, 2.45) is 5.92 Å². The van der Waals surface area contributed by atoms with E-state index >= 15 is 0 Å². The third-order valence-electron chi connectivity index (χ3n) is 2.47. The molecular weight excluding hydrogens is 226 g/mol. The molecule has 0 heterocycles. The molecule has 1 aromatic carbocycles. The molecule has 0 radical (unpaired) electrons. The van der Waals surface area contributed by atoms with Crippen LogP contribution < -0.4 is 0 Å². The van der Waals surface area contributed by atoms with Crippen molar-refractivity contribution in [3.8, 4) is 6.07 Å². The zero-order chi connectivity index (χ0) is 9.26. The lowest BCUT2D eigenvalue weighted by Crippen LogP contribution is -1.98. The summed E-state index contributed by atoms with van der Waals surface area (Å²) in [6.45, 7) is 0. The first-order chi connectivity index (χ1) is 6.33. The minimum absolute atomic E-state index is 0.0931. The molecule has 1 saturated carbocycles. The van der Waals surface area contributed by atoms with Gasteiger partial charge in [0.1, 0.15) is 0 Å². The SMILES string of the molecule is N#CC(c1ccccc1Br)C1CC1. The molecule has 0 aliphatic heterocycles. The highest BCUT2D eigenvalue weighted by molar-refractivity contribution is 9.10. The number of hydrogen-bond acceptors (Lipinski definition) is 1. The number of nitrogens with zero attached hydrogens (tertiary/aromatic N) is 1. The van der Waals surface area contributed by atoms with Crippen LogP contribution in [0.25, 0.3) is 0 Å². The summed E-state index contributed by atoms with van der Waals surface area (Å²) in [5.74, 6) is 0.694. The lowest BCUT2D eigenvalue weighted by Gasteiger charge is -2.09. The van der Waals surface area contributed by atoms with Gasteiger partial charge in [-0.1, -0.05) is 34.1 Å². The maximum absolute atomic E-state index is 9.04. The molecule has 0 bridgehead atoms. The fraction of sp³-hybridized carbons (Fsp3) is 0.364. The van der Waals surface area contributed by atoms with Gasteiger partial charge in [0.2, 0.25) is 0 Å². The van der Waals surface area contributed by atoms with Crippen LogP contribution >= 0.6 is 15.9 Å². The minimum atomic E-state index is 0.0931. The van der Waals surface area contributed by atoms with E-state index in [0.717, 1.165) is 10.0 Å². The van der Waals surface area contributed by atoms with Gasteiger partial charge in [-0.25, -0.2) is 0 Å². The molecule has 1 fully saturated rings. The van der Waals surface area contributed by atoms with Crippen LogP contribution in [0.1, 0.15) is 24.3 Å². The molecule has 1 aliphatic rings. The molecule has 1 atom stereocenters. The van der Waals surface area contributed by atoms with Gasteiger partial charge >= 0.3 is 0 Å². The third kappa shape index (κ3) is 1.76. The molecule has 1 aromatic rings. The molecular formula is C11H10BrN. The molecule has 2 rings (SSSR count). The van der Waals surface area contributed by atoms with Crippen molar-refractivity contribution >= 4 is 15.9 Å². The number of hydrogen-bond donors (Lipinski definition) is 0. The van der Waals surface area contributed by atoms with E-state index in [0.29, 0.717) is 5.92 Å². The summed E-state index contributed by atoms with van der Waals surface area (Å²) in [6, 6.07) is 10.4. The highest BCUT2D eigenvalue weighted by Crippen LogP contribution is 2.43. The molecule has 0 saturated heterocycles. The van der Waals surface area contributed by atoms with E-state index in [-0.39, 0.29) is 5.92 Å². The summed E-state index contributed by atoms with van der Waals surface area (Å²) in [4.78, 5) is 0. The molecule has 1 nitrogen and oxygen atoms in total. The average Bonchev–Trinajstić information content (AvgIpc) is 2.93. The molecule has 0 aromatic heterocycles. The predicted molar refractivity (Wildman–Crippen MR) is 55.2 cm³/mol. The van der Waals surface area contributed by atoms with E-state index in [1.54, 1.807) is 0 Å². The summed E-state index contributed by atoms with van der Waals surface area (Å²) in [5, 5.41) is 9.04. The van der Waals surface area contributed by atoms with Crippen molar-refractivity contribution in [1.29, 1.82) is 5.26 Å². The Morgan fingerprint density at radius 1 is 1.38 bits per heavy atom. The maximum atomic E-state index is 9.04. The van der Waals surface area contributed by atoms with Crippen molar-refractivity contribution < 1.29 is 0 Å². The first kappa shape index (κ1) is 8.77. The van der Waals surface area contributed by atoms with Crippen LogP contribution in [0, 0.1) is 17.2 Å². The van der Waals surface area contributed by atoms with Crippen molar-refractivity contribution in [1.82, 2.24) is 0 Å². The van der Waals surface area contributed by atoms with Crippen LogP contribution in [0.15, 0.2) is 28.7 Å². The number of benzene rings is 1. The van der Waals surface area contributed by atoms with Gasteiger partial charge in [0.15, 0.2) is 0 Å². The van der Waals surface area contributed by atoms with E-state index in [9.17, 15) is 0 Å². The van der Waals surface area contributed by atoms with Crippen LogP contribution in [-0.4, -0.2) is 0 Å². The van der Waals surface area contributed by atoms with Crippen LogP contribution in [0.5, 0.6) is 0 Å². The number of rotatable bonds is 2. The van der Waals surface area contributed by atoms with E-state index in [4.69, 9.17) is 5.26 Å². The van der Waals surface area contributed by atoms with E-state index < -0.39 is 0 Å². The Kier molecular flexibility index (Phi) is 2.37. The summed E-state index contributed by atoms with van der Waals surface area (Å²) in [7, 11) is 0. The summed E-state index contributed by atoms with van der Waals surface area (Å²) >= 11 is 3.48. The van der Waals surface area contributed by atoms with Crippen molar-refractivity contribution in [2.75, 3.05) is 0 Å². The highest BCUT2D eigenvalue weighted by Gasteiger charge is 2.33. The Labute approximate surface area is 86.5 Å². The minimum Gasteiger partial charge on any atom is -0.198 e. The summed E-state index contributed by atoms with van der Waals surface area (Å²) < 4.78 is 1.06. The number of halogens is 1.